The molecule has 0 aliphatic heterocycles. The smallest absolute Gasteiger partial charge is 0.243 e. The van der Waals surface area contributed by atoms with Crippen molar-refractivity contribution in [2.75, 3.05) is 47.6 Å². The molecule has 1 aromatic heterocycles. The van der Waals surface area contributed by atoms with Crippen molar-refractivity contribution in [1.29, 1.82) is 0 Å². The van der Waals surface area contributed by atoms with E-state index in [-0.39, 0.29) is 37.0 Å². The predicted molar refractivity (Wildman–Crippen MR) is 159 cm³/mol. The maximum absolute atomic E-state index is 13.9. The zero-order valence-corrected chi connectivity index (χ0v) is 24.7. The first-order valence-electron chi connectivity index (χ1n) is 13.4. The molecule has 3 aromatic carbocycles. The summed E-state index contributed by atoms with van der Waals surface area (Å²) in [6, 6.07) is 20.1. The van der Waals surface area contributed by atoms with Gasteiger partial charge < -0.3 is 24.1 Å². The van der Waals surface area contributed by atoms with Crippen LogP contribution in [0, 0.1) is 6.92 Å². The van der Waals surface area contributed by atoms with Crippen LogP contribution in [-0.4, -0.2) is 76.1 Å². The number of sulfonamides is 1. The summed E-state index contributed by atoms with van der Waals surface area (Å²) in [5.74, 6) is 0.826. The molecule has 10 heteroatoms. The summed E-state index contributed by atoms with van der Waals surface area (Å²) >= 11 is 0. The number of ether oxygens (including phenoxy) is 3. The van der Waals surface area contributed by atoms with E-state index in [1.807, 2.05) is 49.5 Å². The molecule has 0 saturated heterocycles. The van der Waals surface area contributed by atoms with E-state index >= 15 is 0 Å². The second kappa shape index (κ2) is 13.7. The first-order chi connectivity index (χ1) is 19.8. The summed E-state index contributed by atoms with van der Waals surface area (Å²) in [5.41, 5.74) is 3.88. The number of methoxy groups -OCH3 is 3. The number of fused-ring (bicyclic) bond motifs is 1. The zero-order valence-electron chi connectivity index (χ0n) is 23.9. The molecule has 0 fully saturated rings. The SMILES string of the molecule is COCCN(CC(=O)N(CCc1c[nH]c2ccccc12)Cc1ccc(OC)c(OC)c1)S(=O)(=O)c1ccc(C)cc1. The number of amides is 1. The Morgan fingerprint density at radius 1 is 0.902 bits per heavy atom. The quantitative estimate of drug-likeness (QED) is 0.238. The second-order valence-electron chi connectivity index (χ2n) is 9.76. The number of para-hydroxylation sites is 1. The number of aromatic nitrogens is 1. The molecule has 1 amide bonds. The molecule has 4 aromatic rings. The highest BCUT2D eigenvalue weighted by Gasteiger charge is 2.28. The fourth-order valence-corrected chi connectivity index (χ4v) is 6.05. The molecule has 0 radical (unpaired) electrons. The molecule has 0 aliphatic carbocycles. The number of carbonyl (C=O) groups excluding carboxylic acids is 1. The Morgan fingerprint density at radius 3 is 2.34 bits per heavy atom. The Labute approximate surface area is 241 Å². The van der Waals surface area contributed by atoms with Crippen LogP contribution in [0.5, 0.6) is 11.5 Å². The summed E-state index contributed by atoms with van der Waals surface area (Å²) in [7, 11) is 0.697. The third-order valence-electron chi connectivity index (χ3n) is 7.02. The molecule has 0 aliphatic rings. The van der Waals surface area contributed by atoms with E-state index in [9.17, 15) is 13.2 Å². The highest BCUT2D eigenvalue weighted by atomic mass is 32.2. The number of H-pyrrole nitrogens is 1. The molecule has 0 atom stereocenters. The molecule has 218 valence electrons. The van der Waals surface area contributed by atoms with Crippen molar-refractivity contribution < 1.29 is 27.4 Å². The molecule has 9 nitrogen and oxygen atoms in total. The van der Waals surface area contributed by atoms with Gasteiger partial charge in [0.1, 0.15) is 0 Å². The van der Waals surface area contributed by atoms with E-state index in [0.29, 0.717) is 24.5 Å². The molecule has 0 bridgehead atoms. The van der Waals surface area contributed by atoms with Gasteiger partial charge in [0.15, 0.2) is 11.5 Å². The average molecular weight is 580 g/mol. The lowest BCUT2D eigenvalue weighted by Crippen LogP contribution is -2.44. The first-order valence-corrected chi connectivity index (χ1v) is 14.8. The Bertz CT molecular complexity index is 1570. The molecule has 1 heterocycles. The van der Waals surface area contributed by atoms with Crippen molar-refractivity contribution in [2.45, 2.75) is 24.8 Å². The number of carbonyl (C=O) groups is 1. The van der Waals surface area contributed by atoms with Crippen LogP contribution in [0.3, 0.4) is 0 Å². The van der Waals surface area contributed by atoms with E-state index in [1.165, 1.54) is 11.4 Å². The third-order valence-corrected chi connectivity index (χ3v) is 8.87. The molecule has 0 saturated carbocycles. The highest BCUT2D eigenvalue weighted by molar-refractivity contribution is 7.89. The van der Waals surface area contributed by atoms with Gasteiger partial charge >= 0.3 is 0 Å². The van der Waals surface area contributed by atoms with Crippen molar-refractivity contribution in [1.82, 2.24) is 14.2 Å². The lowest BCUT2D eigenvalue weighted by molar-refractivity contribution is -0.132. The number of hydrogen-bond acceptors (Lipinski definition) is 6. The summed E-state index contributed by atoms with van der Waals surface area (Å²) in [4.78, 5) is 19.0. The van der Waals surface area contributed by atoms with E-state index in [1.54, 1.807) is 49.5 Å². The average Bonchev–Trinajstić information content (AvgIpc) is 3.40. The minimum atomic E-state index is -3.93. The van der Waals surface area contributed by atoms with Gasteiger partial charge in [0.2, 0.25) is 15.9 Å². The number of benzene rings is 3. The van der Waals surface area contributed by atoms with Gasteiger partial charge in [-0.2, -0.15) is 4.31 Å². The van der Waals surface area contributed by atoms with Crippen LogP contribution in [0.25, 0.3) is 10.9 Å². The number of rotatable bonds is 14. The molecular weight excluding hydrogens is 542 g/mol. The summed E-state index contributed by atoms with van der Waals surface area (Å²) < 4.78 is 44.4. The van der Waals surface area contributed by atoms with Gasteiger partial charge in [0.25, 0.3) is 0 Å². The van der Waals surface area contributed by atoms with Crippen molar-refractivity contribution in [2.24, 2.45) is 0 Å². The number of aromatic amines is 1. The van der Waals surface area contributed by atoms with Crippen LogP contribution in [0.15, 0.2) is 77.8 Å². The largest absolute Gasteiger partial charge is 0.493 e. The van der Waals surface area contributed by atoms with Gasteiger partial charge in [-0.15, -0.1) is 0 Å². The van der Waals surface area contributed by atoms with Crippen LogP contribution in [-0.2, 0) is 32.5 Å². The molecule has 41 heavy (non-hydrogen) atoms. The number of hydrogen-bond donors (Lipinski definition) is 1. The predicted octanol–water partition coefficient (Wildman–Crippen LogP) is 4.40. The Morgan fingerprint density at radius 2 is 1.63 bits per heavy atom. The third kappa shape index (κ3) is 7.27. The zero-order chi connectivity index (χ0) is 29.4. The van der Waals surface area contributed by atoms with Crippen molar-refractivity contribution in [3.63, 3.8) is 0 Å². The van der Waals surface area contributed by atoms with Gasteiger partial charge in [-0.05, 0) is 54.8 Å². The Kier molecular flexibility index (Phi) is 10.0. The normalized spacial score (nSPS) is 11.6. The van der Waals surface area contributed by atoms with Crippen LogP contribution in [0.2, 0.25) is 0 Å². The topological polar surface area (TPSA) is 101 Å². The second-order valence-corrected chi connectivity index (χ2v) is 11.7. The van der Waals surface area contributed by atoms with Crippen molar-refractivity contribution >= 4 is 26.8 Å². The minimum Gasteiger partial charge on any atom is -0.493 e. The highest BCUT2D eigenvalue weighted by Crippen LogP contribution is 2.28. The van der Waals surface area contributed by atoms with Gasteiger partial charge in [0, 0.05) is 43.8 Å². The van der Waals surface area contributed by atoms with Gasteiger partial charge in [0.05, 0.1) is 32.3 Å². The fourth-order valence-electron chi connectivity index (χ4n) is 4.67. The van der Waals surface area contributed by atoms with Gasteiger partial charge in [-0.1, -0.05) is 42.0 Å². The Balaban J connectivity index is 1.61. The molecule has 0 spiro atoms. The maximum atomic E-state index is 13.9. The minimum absolute atomic E-state index is 0.0467. The lowest BCUT2D eigenvalue weighted by Gasteiger charge is -2.27. The summed E-state index contributed by atoms with van der Waals surface area (Å²) in [5, 5.41) is 1.09. The number of nitrogens with one attached hydrogen (secondary N) is 1. The van der Waals surface area contributed by atoms with E-state index < -0.39 is 10.0 Å². The lowest BCUT2D eigenvalue weighted by atomic mass is 10.1. The van der Waals surface area contributed by atoms with Crippen LogP contribution >= 0.6 is 0 Å². The molecular formula is C31H37N3O6S. The molecule has 4 rings (SSSR count). The van der Waals surface area contributed by atoms with Crippen LogP contribution < -0.4 is 9.47 Å². The van der Waals surface area contributed by atoms with E-state index in [4.69, 9.17) is 14.2 Å². The van der Waals surface area contributed by atoms with Crippen molar-refractivity contribution in [3.8, 4) is 11.5 Å². The maximum Gasteiger partial charge on any atom is 0.243 e. The Hall–Kier alpha value is -3.86. The first kappa shape index (κ1) is 30.1. The standard InChI is InChI=1S/C31H37N3O6S/c1-23-9-12-26(13-10-23)41(36,37)34(17-18-38-2)22-31(35)33(21-24-11-14-29(39-3)30(19-24)40-4)16-15-25-20-32-28-8-6-5-7-27(25)28/h5-14,19-20,32H,15-18,21-22H2,1-4H3. The number of nitrogens with zero attached hydrogens (tertiary/aromatic N) is 2. The van der Waals surface area contributed by atoms with Gasteiger partial charge in [-0.3, -0.25) is 4.79 Å². The van der Waals surface area contributed by atoms with Gasteiger partial charge in [-0.25, -0.2) is 8.42 Å². The summed E-state index contributed by atoms with van der Waals surface area (Å²) in [6.45, 7) is 2.43. The van der Waals surface area contributed by atoms with Crippen LogP contribution in [0.1, 0.15) is 16.7 Å². The van der Waals surface area contributed by atoms with E-state index in [0.717, 1.165) is 27.6 Å². The number of aryl methyl sites for hydroxylation is 1. The molecule has 1 N–H and O–H groups in total. The van der Waals surface area contributed by atoms with E-state index in [2.05, 4.69) is 4.98 Å². The monoisotopic (exact) mass is 579 g/mol. The summed E-state index contributed by atoms with van der Waals surface area (Å²) in [6.07, 6.45) is 2.54. The fraction of sp³-hybridized carbons (Fsp3) is 0.323. The molecule has 0 unspecified atom stereocenters. The van der Waals surface area contributed by atoms with Crippen LogP contribution in [0.4, 0.5) is 0 Å². The van der Waals surface area contributed by atoms with Crippen molar-refractivity contribution in [3.05, 3.63) is 89.6 Å².